The Morgan fingerprint density at radius 1 is 1.22 bits per heavy atom. The van der Waals surface area contributed by atoms with E-state index in [1.165, 1.54) is 17.0 Å². The maximum atomic E-state index is 12.6. The Balaban J connectivity index is 1.93. The zero-order chi connectivity index (χ0) is 16.9. The lowest BCUT2D eigenvalue weighted by molar-refractivity contribution is -0.137. The molecule has 0 spiro atoms. The first-order chi connectivity index (χ1) is 10.9. The predicted octanol–water partition coefficient (Wildman–Crippen LogP) is 3.81. The van der Waals surface area contributed by atoms with Crippen molar-refractivity contribution in [3.05, 3.63) is 59.9 Å². The third-order valence-electron chi connectivity index (χ3n) is 3.27. The summed E-state index contributed by atoms with van der Waals surface area (Å²) in [7, 11) is 1.59. The molecule has 0 aliphatic rings. The fourth-order valence-electron chi connectivity index (χ4n) is 1.94. The zero-order valence-electron chi connectivity index (χ0n) is 12.5. The van der Waals surface area contributed by atoms with Gasteiger partial charge in [0.1, 0.15) is 0 Å². The van der Waals surface area contributed by atoms with Gasteiger partial charge in [-0.2, -0.15) is 13.2 Å². The summed E-state index contributed by atoms with van der Waals surface area (Å²) in [5.41, 5.74) is 0.342. The van der Waals surface area contributed by atoms with Crippen LogP contribution in [0.25, 0.3) is 0 Å². The number of urea groups is 1. The van der Waals surface area contributed by atoms with E-state index in [-0.39, 0.29) is 5.69 Å². The summed E-state index contributed by atoms with van der Waals surface area (Å²) in [6, 6.07) is 7.78. The summed E-state index contributed by atoms with van der Waals surface area (Å²) in [6.07, 6.45) is -0.473. The predicted molar refractivity (Wildman–Crippen MR) is 81.0 cm³/mol. The van der Waals surface area contributed by atoms with Crippen molar-refractivity contribution in [2.75, 3.05) is 18.9 Å². The third-order valence-corrected chi connectivity index (χ3v) is 3.27. The van der Waals surface area contributed by atoms with E-state index in [0.29, 0.717) is 13.0 Å². The van der Waals surface area contributed by atoms with Crippen LogP contribution in [-0.4, -0.2) is 29.5 Å². The van der Waals surface area contributed by atoms with E-state index in [0.717, 1.165) is 17.7 Å². The summed E-state index contributed by atoms with van der Waals surface area (Å²) >= 11 is 0. The van der Waals surface area contributed by atoms with Gasteiger partial charge in [-0.25, -0.2) is 4.79 Å². The number of pyridine rings is 1. The highest BCUT2D eigenvalue weighted by Gasteiger charge is 2.30. The van der Waals surface area contributed by atoms with Gasteiger partial charge in [0.15, 0.2) is 0 Å². The van der Waals surface area contributed by atoms with Gasteiger partial charge in [-0.3, -0.25) is 4.98 Å². The lowest BCUT2D eigenvalue weighted by Crippen LogP contribution is -2.33. The number of halogens is 3. The molecule has 0 aliphatic carbocycles. The smallest absolute Gasteiger partial charge is 0.327 e. The maximum Gasteiger partial charge on any atom is 0.416 e. The van der Waals surface area contributed by atoms with Gasteiger partial charge in [-0.05, 0) is 42.3 Å². The monoisotopic (exact) mass is 323 g/mol. The number of amides is 2. The van der Waals surface area contributed by atoms with Crippen molar-refractivity contribution in [2.45, 2.75) is 12.6 Å². The minimum atomic E-state index is -4.44. The molecule has 4 nitrogen and oxygen atoms in total. The quantitative estimate of drug-likeness (QED) is 0.930. The Morgan fingerprint density at radius 3 is 2.57 bits per heavy atom. The van der Waals surface area contributed by atoms with Crippen molar-refractivity contribution in [3.8, 4) is 0 Å². The molecule has 2 rings (SSSR count). The average molecular weight is 323 g/mol. The minimum absolute atomic E-state index is 0.112. The molecule has 1 aromatic carbocycles. The number of anilines is 1. The number of nitrogens with zero attached hydrogens (tertiary/aromatic N) is 2. The van der Waals surface area contributed by atoms with Crippen LogP contribution in [0.1, 0.15) is 11.1 Å². The van der Waals surface area contributed by atoms with Crippen LogP contribution in [0.3, 0.4) is 0 Å². The van der Waals surface area contributed by atoms with E-state index in [4.69, 9.17) is 0 Å². The van der Waals surface area contributed by atoms with Gasteiger partial charge in [-0.15, -0.1) is 0 Å². The van der Waals surface area contributed by atoms with Crippen molar-refractivity contribution >= 4 is 11.7 Å². The molecule has 0 radical (unpaired) electrons. The molecule has 0 unspecified atom stereocenters. The molecule has 1 aromatic heterocycles. The van der Waals surface area contributed by atoms with E-state index in [9.17, 15) is 18.0 Å². The van der Waals surface area contributed by atoms with Gasteiger partial charge in [0.05, 0.1) is 5.56 Å². The molecule has 7 heteroatoms. The lowest BCUT2D eigenvalue weighted by atomic mass is 10.2. The van der Waals surface area contributed by atoms with Gasteiger partial charge in [0.25, 0.3) is 0 Å². The number of likely N-dealkylation sites (N-methyl/N-ethyl adjacent to an activating group) is 1. The molecule has 0 saturated carbocycles. The van der Waals surface area contributed by atoms with Crippen molar-refractivity contribution in [3.63, 3.8) is 0 Å². The number of hydrogen-bond acceptors (Lipinski definition) is 2. The van der Waals surface area contributed by atoms with Crippen LogP contribution in [-0.2, 0) is 12.6 Å². The molecule has 0 bridgehead atoms. The van der Waals surface area contributed by atoms with Crippen LogP contribution in [0.4, 0.5) is 23.7 Å². The topological polar surface area (TPSA) is 45.2 Å². The van der Waals surface area contributed by atoms with Crippen LogP contribution in [0.2, 0.25) is 0 Å². The number of rotatable bonds is 4. The van der Waals surface area contributed by atoms with E-state index in [1.807, 2.05) is 12.1 Å². The molecule has 23 heavy (non-hydrogen) atoms. The van der Waals surface area contributed by atoms with Gasteiger partial charge < -0.3 is 10.2 Å². The molecule has 0 atom stereocenters. The van der Waals surface area contributed by atoms with Gasteiger partial charge in [0, 0.05) is 31.7 Å². The van der Waals surface area contributed by atoms with Crippen molar-refractivity contribution in [2.24, 2.45) is 0 Å². The van der Waals surface area contributed by atoms with Crippen molar-refractivity contribution in [1.29, 1.82) is 0 Å². The van der Waals surface area contributed by atoms with E-state index >= 15 is 0 Å². The van der Waals surface area contributed by atoms with Crippen LogP contribution >= 0.6 is 0 Å². The van der Waals surface area contributed by atoms with Gasteiger partial charge in [-0.1, -0.05) is 6.07 Å². The average Bonchev–Trinajstić information content (AvgIpc) is 2.53. The molecule has 2 aromatic rings. The Kier molecular flexibility index (Phi) is 5.20. The summed E-state index contributed by atoms with van der Waals surface area (Å²) in [5.74, 6) is 0. The van der Waals surface area contributed by atoms with E-state index in [1.54, 1.807) is 19.4 Å². The molecule has 0 fully saturated rings. The standard InChI is InChI=1S/C16H16F3N3O/c1-22(10-7-12-5-8-20-9-6-12)15(23)21-14-4-2-3-13(11-14)16(17,18)19/h2-6,8-9,11H,7,10H2,1H3,(H,21,23). The molecule has 1 heterocycles. The number of benzene rings is 1. The largest absolute Gasteiger partial charge is 0.416 e. The second-order valence-electron chi connectivity index (χ2n) is 5.04. The fraction of sp³-hybridized carbons (Fsp3) is 0.250. The second-order valence-corrected chi connectivity index (χ2v) is 5.04. The fourth-order valence-corrected chi connectivity index (χ4v) is 1.94. The number of carbonyl (C=O) groups excluding carboxylic acids is 1. The van der Waals surface area contributed by atoms with Crippen molar-refractivity contribution < 1.29 is 18.0 Å². The first kappa shape index (κ1) is 16.8. The van der Waals surface area contributed by atoms with Crippen LogP contribution in [0.15, 0.2) is 48.8 Å². The third kappa shape index (κ3) is 4.98. The summed E-state index contributed by atoms with van der Waals surface area (Å²) in [4.78, 5) is 17.3. The first-order valence-electron chi connectivity index (χ1n) is 6.94. The summed E-state index contributed by atoms with van der Waals surface area (Å²) < 4.78 is 37.9. The Morgan fingerprint density at radius 2 is 1.91 bits per heavy atom. The molecule has 0 aliphatic heterocycles. The Labute approximate surface area is 132 Å². The lowest BCUT2D eigenvalue weighted by Gasteiger charge is -2.18. The maximum absolute atomic E-state index is 12.6. The normalized spacial score (nSPS) is 11.1. The summed E-state index contributed by atoms with van der Waals surface area (Å²) in [5, 5.41) is 2.47. The van der Waals surface area contributed by atoms with Crippen LogP contribution < -0.4 is 5.32 Å². The molecule has 122 valence electrons. The number of carbonyl (C=O) groups is 1. The molecule has 1 N–H and O–H groups in total. The Bertz CT molecular complexity index is 659. The second kappa shape index (κ2) is 7.13. The van der Waals surface area contributed by atoms with Crippen molar-refractivity contribution in [1.82, 2.24) is 9.88 Å². The van der Waals surface area contributed by atoms with Crippen LogP contribution in [0, 0.1) is 0 Å². The minimum Gasteiger partial charge on any atom is -0.327 e. The highest BCUT2D eigenvalue weighted by molar-refractivity contribution is 5.89. The highest BCUT2D eigenvalue weighted by atomic mass is 19.4. The number of nitrogens with one attached hydrogen (secondary N) is 1. The van der Waals surface area contributed by atoms with E-state index < -0.39 is 17.8 Å². The van der Waals surface area contributed by atoms with Crippen LogP contribution in [0.5, 0.6) is 0 Å². The number of alkyl halides is 3. The molecular formula is C16H16F3N3O. The molecule has 2 amide bonds. The van der Waals surface area contributed by atoms with Gasteiger partial charge >= 0.3 is 12.2 Å². The number of aromatic nitrogens is 1. The highest BCUT2D eigenvalue weighted by Crippen LogP contribution is 2.30. The summed E-state index contributed by atoms with van der Waals surface area (Å²) in [6.45, 7) is 0.439. The molecular weight excluding hydrogens is 307 g/mol. The Hall–Kier alpha value is -2.57. The number of hydrogen-bond donors (Lipinski definition) is 1. The van der Waals surface area contributed by atoms with E-state index in [2.05, 4.69) is 10.3 Å². The molecule has 0 saturated heterocycles. The SMILES string of the molecule is CN(CCc1ccncc1)C(=O)Nc1cccc(C(F)(F)F)c1. The van der Waals surface area contributed by atoms with Gasteiger partial charge in [0.2, 0.25) is 0 Å². The first-order valence-corrected chi connectivity index (χ1v) is 6.94. The zero-order valence-corrected chi connectivity index (χ0v) is 12.5.